The van der Waals surface area contributed by atoms with E-state index in [-0.39, 0.29) is 24.1 Å². The number of halogens is 1. The SMILES string of the molecule is CC(C)NC(=O)Cn1cncc(I)c1=O. The van der Waals surface area contributed by atoms with Gasteiger partial charge in [0.2, 0.25) is 5.91 Å². The molecule has 6 heteroatoms. The monoisotopic (exact) mass is 321 g/mol. The second kappa shape index (κ2) is 5.24. The molecule has 5 nitrogen and oxygen atoms in total. The zero-order chi connectivity index (χ0) is 11.4. The van der Waals surface area contributed by atoms with E-state index in [0.29, 0.717) is 3.57 Å². The summed E-state index contributed by atoms with van der Waals surface area (Å²) in [7, 11) is 0. The summed E-state index contributed by atoms with van der Waals surface area (Å²) < 4.78 is 1.80. The maximum Gasteiger partial charge on any atom is 0.267 e. The van der Waals surface area contributed by atoms with Crippen molar-refractivity contribution in [3.8, 4) is 0 Å². The molecule has 1 N–H and O–H groups in total. The summed E-state index contributed by atoms with van der Waals surface area (Å²) in [5.74, 6) is -0.184. The molecule has 0 atom stereocenters. The molecule has 1 aromatic heterocycles. The molecule has 0 bridgehead atoms. The maximum atomic E-state index is 11.5. The van der Waals surface area contributed by atoms with Gasteiger partial charge in [0.25, 0.3) is 5.56 Å². The van der Waals surface area contributed by atoms with Gasteiger partial charge in [-0.15, -0.1) is 0 Å². The van der Waals surface area contributed by atoms with Gasteiger partial charge in [-0.25, -0.2) is 4.98 Å². The van der Waals surface area contributed by atoms with E-state index in [1.807, 2.05) is 36.4 Å². The standard InChI is InChI=1S/C9H12IN3O2/c1-6(2)12-8(14)4-13-5-11-3-7(10)9(13)15/h3,5-6H,4H2,1-2H3,(H,12,14). The Balaban J connectivity index is 2.77. The molecule has 1 heterocycles. The van der Waals surface area contributed by atoms with Gasteiger partial charge in [-0.1, -0.05) is 0 Å². The van der Waals surface area contributed by atoms with E-state index in [9.17, 15) is 9.59 Å². The number of nitrogens with one attached hydrogen (secondary N) is 1. The first kappa shape index (κ1) is 12.2. The molecule has 1 aromatic rings. The highest BCUT2D eigenvalue weighted by Gasteiger charge is 2.07. The Hall–Kier alpha value is -0.920. The van der Waals surface area contributed by atoms with Crippen molar-refractivity contribution in [2.45, 2.75) is 26.4 Å². The molecule has 0 saturated heterocycles. The predicted molar refractivity (Wildman–Crippen MR) is 64.5 cm³/mol. The lowest BCUT2D eigenvalue weighted by Crippen LogP contribution is -2.36. The van der Waals surface area contributed by atoms with Gasteiger partial charge in [0, 0.05) is 12.2 Å². The predicted octanol–water partition coefficient (Wildman–Crippen LogP) is 0.372. The first-order valence-electron chi connectivity index (χ1n) is 4.50. The van der Waals surface area contributed by atoms with Crippen LogP contribution in [-0.2, 0) is 11.3 Å². The Morgan fingerprint density at radius 3 is 2.93 bits per heavy atom. The Kier molecular flexibility index (Phi) is 4.25. The fraction of sp³-hybridized carbons (Fsp3) is 0.444. The third-order valence-electron chi connectivity index (χ3n) is 1.62. The van der Waals surface area contributed by atoms with Crippen LogP contribution in [0.1, 0.15) is 13.8 Å². The van der Waals surface area contributed by atoms with Crippen molar-refractivity contribution in [2.24, 2.45) is 0 Å². The van der Waals surface area contributed by atoms with E-state index in [1.54, 1.807) is 0 Å². The molecule has 82 valence electrons. The fourth-order valence-corrected chi connectivity index (χ4v) is 1.53. The fourth-order valence-electron chi connectivity index (χ4n) is 1.06. The van der Waals surface area contributed by atoms with Crippen molar-refractivity contribution in [2.75, 3.05) is 0 Å². The summed E-state index contributed by atoms with van der Waals surface area (Å²) >= 11 is 1.89. The molecule has 0 aromatic carbocycles. The van der Waals surface area contributed by atoms with Crippen molar-refractivity contribution in [1.29, 1.82) is 0 Å². The van der Waals surface area contributed by atoms with Crippen LogP contribution in [0.5, 0.6) is 0 Å². The number of rotatable bonds is 3. The van der Waals surface area contributed by atoms with Gasteiger partial charge >= 0.3 is 0 Å². The van der Waals surface area contributed by atoms with Gasteiger partial charge < -0.3 is 5.32 Å². The first-order chi connectivity index (χ1) is 7.00. The van der Waals surface area contributed by atoms with Crippen molar-refractivity contribution in [3.05, 3.63) is 26.4 Å². The van der Waals surface area contributed by atoms with E-state index < -0.39 is 0 Å². The molecule has 1 rings (SSSR count). The molecule has 0 aliphatic rings. The van der Waals surface area contributed by atoms with Gasteiger partial charge in [0.05, 0.1) is 9.90 Å². The third-order valence-corrected chi connectivity index (χ3v) is 2.36. The minimum absolute atomic E-state index is 0.0147. The minimum atomic E-state index is -0.190. The van der Waals surface area contributed by atoms with Crippen LogP contribution in [0.25, 0.3) is 0 Å². The van der Waals surface area contributed by atoms with Gasteiger partial charge in [-0.05, 0) is 36.4 Å². The zero-order valence-electron chi connectivity index (χ0n) is 8.53. The average molecular weight is 321 g/mol. The smallest absolute Gasteiger partial charge is 0.267 e. The largest absolute Gasteiger partial charge is 0.352 e. The summed E-state index contributed by atoms with van der Waals surface area (Å²) in [6.07, 6.45) is 2.84. The number of carbonyl (C=O) groups excluding carboxylic acids is 1. The zero-order valence-corrected chi connectivity index (χ0v) is 10.7. The highest BCUT2D eigenvalue weighted by Crippen LogP contribution is 1.93. The summed E-state index contributed by atoms with van der Waals surface area (Å²) in [6.45, 7) is 3.75. The van der Waals surface area contributed by atoms with Crippen molar-refractivity contribution >= 4 is 28.5 Å². The Morgan fingerprint density at radius 2 is 2.33 bits per heavy atom. The van der Waals surface area contributed by atoms with E-state index in [1.165, 1.54) is 17.1 Å². The molecular formula is C9H12IN3O2. The number of amides is 1. The highest BCUT2D eigenvalue weighted by atomic mass is 127. The molecule has 15 heavy (non-hydrogen) atoms. The second-order valence-corrected chi connectivity index (χ2v) is 4.56. The van der Waals surface area contributed by atoms with Gasteiger partial charge in [0.15, 0.2) is 0 Å². The van der Waals surface area contributed by atoms with E-state index >= 15 is 0 Å². The van der Waals surface area contributed by atoms with Crippen molar-refractivity contribution < 1.29 is 4.79 Å². The molecule has 0 aliphatic heterocycles. The van der Waals surface area contributed by atoms with Crippen LogP contribution < -0.4 is 10.9 Å². The molecule has 0 unspecified atom stereocenters. The van der Waals surface area contributed by atoms with Crippen LogP contribution in [-0.4, -0.2) is 21.5 Å². The van der Waals surface area contributed by atoms with Gasteiger partial charge in [-0.2, -0.15) is 0 Å². The Morgan fingerprint density at radius 1 is 1.67 bits per heavy atom. The van der Waals surface area contributed by atoms with Crippen LogP contribution in [0, 0.1) is 3.57 Å². The van der Waals surface area contributed by atoms with E-state index in [2.05, 4.69) is 10.3 Å². The quantitative estimate of drug-likeness (QED) is 0.819. The maximum absolute atomic E-state index is 11.5. The second-order valence-electron chi connectivity index (χ2n) is 3.40. The molecule has 1 amide bonds. The van der Waals surface area contributed by atoms with Gasteiger partial charge in [-0.3, -0.25) is 14.2 Å². The molecule has 0 spiro atoms. The lowest BCUT2D eigenvalue weighted by molar-refractivity contribution is -0.122. The van der Waals surface area contributed by atoms with Crippen LogP contribution >= 0.6 is 22.6 Å². The molecule has 0 saturated carbocycles. The summed E-state index contributed by atoms with van der Waals surface area (Å²) in [5, 5.41) is 2.71. The normalized spacial score (nSPS) is 10.4. The summed E-state index contributed by atoms with van der Waals surface area (Å²) in [6, 6.07) is 0.0731. The topological polar surface area (TPSA) is 64.0 Å². The minimum Gasteiger partial charge on any atom is -0.352 e. The van der Waals surface area contributed by atoms with Crippen LogP contribution in [0.2, 0.25) is 0 Å². The number of hydrogen-bond acceptors (Lipinski definition) is 3. The summed E-state index contributed by atoms with van der Waals surface area (Å²) in [5.41, 5.74) is -0.190. The first-order valence-corrected chi connectivity index (χ1v) is 5.58. The Bertz CT molecular complexity index is 414. The van der Waals surface area contributed by atoms with Gasteiger partial charge in [0.1, 0.15) is 6.54 Å². The van der Waals surface area contributed by atoms with Crippen LogP contribution in [0.3, 0.4) is 0 Å². The van der Waals surface area contributed by atoms with Crippen molar-refractivity contribution in [1.82, 2.24) is 14.9 Å². The molecule has 0 radical (unpaired) electrons. The number of carbonyl (C=O) groups is 1. The number of hydrogen-bond donors (Lipinski definition) is 1. The van der Waals surface area contributed by atoms with Crippen LogP contribution in [0.4, 0.5) is 0 Å². The molecular weight excluding hydrogens is 309 g/mol. The van der Waals surface area contributed by atoms with E-state index in [0.717, 1.165) is 0 Å². The van der Waals surface area contributed by atoms with Crippen molar-refractivity contribution in [3.63, 3.8) is 0 Å². The third kappa shape index (κ3) is 3.61. The lowest BCUT2D eigenvalue weighted by atomic mass is 10.4. The average Bonchev–Trinajstić information content (AvgIpc) is 2.11. The number of aromatic nitrogens is 2. The Labute approximate surface area is 101 Å². The molecule has 0 fully saturated rings. The lowest BCUT2D eigenvalue weighted by Gasteiger charge is -2.09. The molecule has 0 aliphatic carbocycles. The summed E-state index contributed by atoms with van der Waals surface area (Å²) in [4.78, 5) is 26.8. The number of nitrogens with zero attached hydrogens (tertiary/aromatic N) is 2. The van der Waals surface area contributed by atoms with E-state index in [4.69, 9.17) is 0 Å². The highest BCUT2D eigenvalue weighted by molar-refractivity contribution is 14.1. The van der Waals surface area contributed by atoms with Crippen LogP contribution in [0.15, 0.2) is 17.3 Å².